The van der Waals surface area contributed by atoms with Crippen molar-refractivity contribution in [1.29, 1.82) is 0 Å². The van der Waals surface area contributed by atoms with Crippen molar-refractivity contribution in [2.45, 2.75) is 56.8 Å². The highest BCUT2D eigenvalue weighted by Gasteiger charge is 2.55. The van der Waals surface area contributed by atoms with Crippen molar-refractivity contribution in [3.63, 3.8) is 0 Å². The maximum absolute atomic E-state index is 13.9. The first-order valence-electron chi connectivity index (χ1n) is 10.7. The molecule has 1 fully saturated rings. The smallest absolute Gasteiger partial charge is 0.410 e. The van der Waals surface area contributed by atoms with Crippen LogP contribution in [0.3, 0.4) is 0 Å². The molecule has 1 spiro atoms. The van der Waals surface area contributed by atoms with E-state index in [1.54, 1.807) is 25.7 Å². The van der Waals surface area contributed by atoms with Crippen LogP contribution in [0.25, 0.3) is 0 Å². The van der Waals surface area contributed by atoms with Crippen molar-refractivity contribution in [1.82, 2.24) is 14.9 Å². The first kappa shape index (κ1) is 23.2. The zero-order chi connectivity index (χ0) is 24.2. The van der Waals surface area contributed by atoms with Crippen LogP contribution in [-0.2, 0) is 31.3 Å². The summed E-state index contributed by atoms with van der Waals surface area (Å²) >= 11 is 0. The van der Waals surface area contributed by atoms with Gasteiger partial charge in [-0.05, 0) is 46.2 Å². The maximum atomic E-state index is 13.9. The molecule has 1 saturated heterocycles. The number of carbonyl (C=O) groups is 2. The van der Waals surface area contributed by atoms with Gasteiger partial charge < -0.3 is 14.5 Å². The Kier molecular flexibility index (Phi) is 5.47. The van der Waals surface area contributed by atoms with Gasteiger partial charge in [0.25, 0.3) is 0 Å². The van der Waals surface area contributed by atoms with Crippen LogP contribution in [0.5, 0.6) is 0 Å². The normalized spacial score (nSPS) is 20.8. The molecule has 10 heteroatoms. The Labute approximate surface area is 193 Å². The van der Waals surface area contributed by atoms with Crippen LogP contribution in [0.15, 0.2) is 35.6 Å². The zero-order valence-corrected chi connectivity index (χ0v) is 20.3. The molecule has 0 bridgehead atoms. The largest absolute Gasteiger partial charge is 0.444 e. The van der Waals surface area contributed by atoms with Gasteiger partial charge in [-0.25, -0.2) is 23.2 Å². The SMILES string of the molecule is Cc1ccc(N2Cc3cnc(S(C)(=O)=O)nc3C3(CCN(C(=O)OC(C)(C)C)C3)C2=O)cc1. The van der Waals surface area contributed by atoms with Gasteiger partial charge in [0.1, 0.15) is 11.0 Å². The number of aryl methyl sites for hydroxylation is 1. The fraction of sp³-hybridized carbons (Fsp3) is 0.478. The van der Waals surface area contributed by atoms with Gasteiger partial charge in [0, 0.05) is 36.8 Å². The Bertz CT molecular complexity index is 1220. The van der Waals surface area contributed by atoms with Gasteiger partial charge in [0.05, 0.1) is 12.2 Å². The topological polar surface area (TPSA) is 110 Å². The molecule has 2 aliphatic heterocycles. The van der Waals surface area contributed by atoms with Crippen LogP contribution in [0.4, 0.5) is 10.5 Å². The average Bonchev–Trinajstić information content (AvgIpc) is 3.16. The number of sulfone groups is 1. The van der Waals surface area contributed by atoms with E-state index in [1.807, 2.05) is 31.2 Å². The van der Waals surface area contributed by atoms with Crippen molar-refractivity contribution < 1.29 is 22.7 Å². The summed E-state index contributed by atoms with van der Waals surface area (Å²) in [5.74, 6) is -0.219. The number of hydrogen-bond donors (Lipinski definition) is 0. The zero-order valence-electron chi connectivity index (χ0n) is 19.5. The van der Waals surface area contributed by atoms with Gasteiger partial charge in [0.2, 0.25) is 20.9 Å². The molecule has 33 heavy (non-hydrogen) atoms. The summed E-state index contributed by atoms with van der Waals surface area (Å²) in [4.78, 5) is 38.3. The highest BCUT2D eigenvalue weighted by molar-refractivity contribution is 7.90. The lowest BCUT2D eigenvalue weighted by molar-refractivity contribution is -0.124. The number of ether oxygens (including phenoxy) is 1. The molecule has 0 aliphatic carbocycles. The molecule has 1 unspecified atom stereocenters. The summed E-state index contributed by atoms with van der Waals surface area (Å²) in [5, 5.41) is -0.326. The monoisotopic (exact) mass is 472 g/mol. The fourth-order valence-electron chi connectivity index (χ4n) is 4.29. The summed E-state index contributed by atoms with van der Waals surface area (Å²) in [6.45, 7) is 7.87. The van der Waals surface area contributed by atoms with Crippen LogP contribution < -0.4 is 4.90 Å². The Morgan fingerprint density at radius 1 is 1.18 bits per heavy atom. The molecule has 2 aliphatic rings. The highest BCUT2D eigenvalue weighted by Crippen LogP contribution is 2.43. The predicted molar refractivity (Wildman–Crippen MR) is 122 cm³/mol. The van der Waals surface area contributed by atoms with E-state index < -0.39 is 26.9 Å². The summed E-state index contributed by atoms with van der Waals surface area (Å²) in [6.07, 6.45) is 2.30. The first-order chi connectivity index (χ1) is 15.3. The van der Waals surface area contributed by atoms with Gasteiger partial charge in [0.15, 0.2) is 0 Å². The molecule has 0 radical (unpaired) electrons. The van der Waals surface area contributed by atoms with E-state index in [0.717, 1.165) is 17.5 Å². The number of amides is 2. The van der Waals surface area contributed by atoms with Crippen LogP contribution in [0.1, 0.15) is 44.0 Å². The molecule has 2 aromatic rings. The minimum atomic E-state index is -3.68. The van der Waals surface area contributed by atoms with Gasteiger partial charge in [-0.2, -0.15) is 0 Å². The van der Waals surface area contributed by atoms with Gasteiger partial charge in [-0.15, -0.1) is 0 Å². The summed E-state index contributed by atoms with van der Waals surface area (Å²) in [7, 11) is -3.68. The standard InChI is InChI=1S/C23H28N4O5S/c1-15-6-8-17(9-7-15)27-13-16-12-24-20(33(5,30)31)25-18(16)23(19(27)28)10-11-26(14-23)21(29)32-22(2,3)4/h6-9,12H,10-11,13-14H2,1-5H3. The Balaban J connectivity index is 1.80. The number of benzene rings is 1. The summed E-state index contributed by atoms with van der Waals surface area (Å²) in [6, 6.07) is 7.60. The Morgan fingerprint density at radius 3 is 2.45 bits per heavy atom. The van der Waals surface area contributed by atoms with Crippen LogP contribution in [0.2, 0.25) is 0 Å². The molecule has 0 N–H and O–H groups in total. The van der Waals surface area contributed by atoms with Crippen molar-refractivity contribution in [2.24, 2.45) is 0 Å². The van der Waals surface area contributed by atoms with Gasteiger partial charge in [-0.3, -0.25) is 4.79 Å². The third-order valence-electron chi connectivity index (χ3n) is 5.88. The summed E-state index contributed by atoms with van der Waals surface area (Å²) in [5.41, 5.74) is 0.958. The van der Waals surface area contributed by atoms with Crippen LogP contribution >= 0.6 is 0 Å². The average molecular weight is 473 g/mol. The van der Waals surface area contributed by atoms with Gasteiger partial charge >= 0.3 is 6.09 Å². The highest BCUT2D eigenvalue weighted by atomic mass is 32.2. The lowest BCUT2D eigenvalue weighted by Crippen LogP contribution is -2.54. The molecule has 1 aromatic heterocycles. The second-order valence-electron chi connectivity index (χ2n) is 9.76. The molecular formula is C23H28N4O5S. The van der Waals surface area contributed by atoms with E-state index in [2.05, 4.69) is 9.97 Å². The lowest BCUT2D eigenvalue weighted by atomic mass is 9.77. The minimum Gasteiger partial charge on any atom is -0.444 e. The van der Waals surface area contributed by atoms with E-state index in [0.29, 0.717) is 24.2 Å². The second-order valence-corrected chi connectivity index (χ2v) is 11.7. The molecule has 3 heterocycles. The number of nitrogens with zero attached hydrogens (tertiary/aromatic N) is 4. The molecule has 1 atom stereocenters. The van der Waals surface area contributed by atoms with Gasteiger partial charge in [-0.1, -0.05) is 17.7 Å². The van der Waals surface area contributed by atoms with Crippen molar-refractivity contribution in [3.05, 3.63) is 47.3 Å². The molecule has 0 saturated carbocycles. The third-order valence-corrected chi connectivity index (χ3v) is 6.74. The number of fused-ring (bicyclic) bond motifs is 2. The molecule has 176 valence electrons. The van der Waals surface area contributed by atoms with E-state index in [9.17, 15) is 18.0 Å². The third kappa shape index (κ3) is 4.31. The molecule has 2 amide bonds. The van der Waals surface area contributed by atoms with Crippen molar-refractivity contribution >= 4 is 27.5 Å². The van der Waals surface area contributed by atoms with E-state index >= 15 is 0 Å². The second kappa shape index (κ2) is 7.79. The number of rotatable bonds is 2. The number of likely N-dealkylation sites (tertiary alicyclic amines) is 1. The molecule has 4 rings (SSSR count). The molecular weight excluding hydrogens is 444 g/mol. The Morgan fingerprint density at radius 2 is 1.85 bits per heavy atom. The van der Waals surface area contributed by atoms with Crippen molar-refractivity contribution in [2.75, 3.05) is 24.2 Å². The summed E-state index contributed by atoms with van der Waals surface area (Å²) < 4.78 is 29.8. The first-order valence-corrected chi connectivity index (χ1v) is 12.6. The molecule has 9 nitrogen and oxygen atoms in total. The van der Waals surface area contributed by atoms with Crippen molar-refractivity contribution in [3.8, 4) is 0 Å². The number of anilines is 1. The van der Waals surface area contributed by atoms with E-state index in [4.69, 9.17) is 4.74 Å². The number of carbonyl (C=O) groups excluding carboxylic acids is 2. The number of hydrogen-bond acceptors (Lipinski definition) is 7. The Hall–Kier alpha value is -3.01. The van der Waals surface area contributed by atoms with Crippen LogP contribution in [0, 0.1) is 6.92 Å². The molecule has 1 aromatic carbocycles. The van der Waals surface area contributed by atoms with Crippen LogP contribution in [-0.4, -0.2) is 60.2 Å². The van der Waals surface area contributed by atoms with E-state index in [-0.39, 0.29) is 24.2 Å². The maximum Gasteiger partial charge on any atom is 0.410 e. The van der Waals surface area contributed by atoms with E-state index in [1.165, 1.54) is 11.1 Å². The lowest BCUT2D eigenvalue weighted by Gasteiger charge is -2.40. The fourth-order valence-corrected chi connectivity index (χ4v) is 4.80. The quantitative estimate of drug-likeness (QED) is 0.618. The minimum absolute atomic E-state index is 0.0519. The predicted octanol–water partition coefficient (Wildman–Crippen LogP) is 2.61. The number of aromatic nitrogens is 2.